The molecule has 0 aliphatic carbocycles. The zero-order valence-corrected chi connectivity index (χ0v) is 37.6. The molecule has 1 saturated heterocycles. The van der Waals surface area contributed by atoms with Crippen LogP contribution in [0.3, 0.4) is 0 Å². The van der Waals surface area contributed by atoms with Crippen LogP contribution in [0.5, 0.6) is 0 Å². The number of aromatic nitrogens is 6. The Kier molecular flexibility index (Phi) is 12.8. The van der Waals surface area contributed by atoms with Gasteiger partial charge in [-0.05, 0) is 75.2 Å². The van der Waals surface area contributed by atoms with Gasteiger partial charge >= 0.3 is 6.18 Å². The van der Waals surface area contributed by atoms with Crippen molar-refractivity contribution in [2.24, 2.45) is 18.9 Å². The molecule has 1 fully saturated rings. The molecule has 7 rings (SSSR count). The largest absolute Gasteiger partial charge is 0.435 e. The van der Waals surface area contributed by atoms with Crippen LogP contribution >= 0.6 is 11.3 Å². The lowest BCUT2D eigenvalue weighted by Gasteiger charge is -2.34. The summed E-state index contributed by atoms with van der Waals surface area (Å²) in [6, 6.07) is 8.80. The van der Waals surface area contributed by atoms with E-state index in [0.29, 0.717) is 61.7 Å². The van der Waals surface area contributed by atoms with Gasteiger partial charge in [0, 0.05) is 54.7 Å². The van der Waals surface area contributed by atoms with Gasteiger partial charge in [-0.3, -0.25) is 18.9 Å². The summed E-state index contributed by atoms with van der Waals surface area (Å²) in [4.78, 5) is 28.3. The second-order valence-corrected chi connectivity index (χ2v) is 19.6. The fourth-order valence-electron chi connectivity index (χ4n) is 8.01. The van der Waals surface area contributed by atoms with Gasteiger partial charge in [0.2, 0.25) is 15.9 Å². The molecule has 4 aromatic heterocycles. The van der Waals surface area contributed by atoms with E-state index in [2.05, 4.69) is 30.0 Å². The molecule has 13 nitrogen and oxygen atoms in total. The molecule has 22 heteroatoms. The molecule has 6 aromatic rings. The Morgan fingerprint density at radius 1 is 0.953 bits per heavy atom. The van der Waals surface area contributed by atoms with Crippen molar-refractivity contribution in [1.82, 2.24) is 39.7 Å². The van der Waals surface area contributed by atoms with Gasteiger partial charge in [0.05, 0.1) is 28.2 Å². The van der Waals surface area contributed by atoms with Crippen molar-refractivity contribution >= 4 is 59.5 Å². The Hall–Kier alpha value is -5.35. The van der Waals surface area contributed by atoms with Crippen molar-refractivity contribution in [2.45, 2.75) is 70.8 Å². The quantitative estimate of drug-likeness (QED) is 0.104. The van der Waals surface area contributed by atoms with Crippen LogP contribution in [-0.2, 0) is 46.9 Å². The lowest BCUT2D eigenvalue weighted by Crippen LogP contribution is -2.41. The van der Waals surface area contributed by atoms with Gasteiger partial charge in [0.25, 0.3) is 5.92 Å². The summed E-state index contributed by atoms with van der Waals surface area (Å²) in [5.74, 6) is -8.88. The molecular weight excluding hydrogens is 890 g/mol. The normalized spacial score (nSPS) is 15.5. The number of hydrogen-bond donors (Lipinski definition) is 2. The van der Waals surface area contributed by atoms with Crippen LogP contribution in [0.4, 0.5) is 41.7 Å². The summed E-state index contributed by atoms with van der Waals surface area (Å²) < 4.78 is 133. The number of alkyl halides is 5. The molecule has 1 aliphatic heterocycles. The number of pyridine rings is 1. The highest BCUT2D eigenvalue weighted by Gasteiger charge is 2.46. The maximum atomic E-state index is 15.9. The molecule has 0 bridgehead atoms. The number of benzene rings is 2. The Morgan fingerprint density at radius 3 is 2.23 bits per heavy atom. The minimum atomic E-state index is -5.12. The topological polar surface area (TPSA) is 143 Å². The van der Waals surface area contributed by atoms with Crippen molar-refractivity contribution in [3.63, 3.8) is 0 Å². The number of nitrogens with zero attached hydrogens (tertiary/aromatic N) is 8. The van der Waals surface area contributed by atoms with Crippen molar-refractivity contribution in [3.05, 3.63) is 82.8 Å². The third kappa shape index (κ3) is 9.82. The average molecular weight is 937 g/mol. The number of aryl methyl sites for hydroxylation is 1. The van der Waals surface area contributed by atoms with Crippen molar-refractivity contribution < 1.29 is 43.9 Å². The lowest BCUT2D eigenvalue weighted by molar-refractivity contribution is -0.141. The van der Waals surface area contributed by atoms with Gasteiger partial charge < -0.3 is 15.1 Å². The molecule has 64 heavy (non-hydrogen) atoms. The molecule has 5 heterocycles. The van der Waals surface area contributed by atoms with E-state index >= 15 is 8.78 Å². The number of nitrogens with one attached hydrogen (secondary N) is 2. The van der Waals surface area contributed by atoms with Crippen LogP contribution in [-0.4, -0.2) is 88.2 Å². The van der Waals surface area contributed by atoms with Crippen LogP contribution in [0.15, 0.2) is 48.5 Å². The number of amides is 1. The second-order valence-electron chi connectivity index (χ2n) is 16.8. The van der Waals surface area contributed by atoms with Crippen LogP contribution in [0, 0.1) is 23.5 Å². The first-order valence-electron chi connectivity index (χ1n) is 20.3. The Morgan fingerprint density at radius 2 is 1.62 bits per heavy atom. The highest BCUT2D eigenvalue weighted by atomic mass is 32.2. The molecule has 344 valence electrons. The number of thiazole rings is 1. The SMILES string of the molecule is CC(C)[C@@H](C)C(F)(F)c1cc(C(F)(F)F)nn1CC(=O)N[C@@H](Cc1cc(F)cc(F)c1)c1nc2nc(N3CCC(N(C)C)CC3)sc2cc1-c1cccc2c(NS(C)(=O)=O)nn(C)c12. The van der Waals surface area contributed by atoms with Crippen LogP contribution in [0.2, 0.25) is 0 Å². The highest BCUT2D eigenvalue weighted by molar-refractivity contribution is 7.92. The number of carbonyl (C=O) groups is 1. The molecule has 2 N–H and O–H groups in total. The predicted molar refractivity (Wildman–Crippen MR) is 231 cm³/mol. The van der Waals surface area contributed by atoms with E-state index in [0.717, 1.165) is 31.2 Å². The minimum Gasteiger partial charge on any atom is -0.348 e. The average Bonchev–Trinajstić information content (AvgIpc) is 3.91. The van der Waals surface area contributed by atoms with Gasteiger partial charge in [-0.1, -0.05) is 44.2 Å². The molecule has 0 radical (unpaired) electrons. The van der Waals surface area contributed by atoms with E-state index in [-0.39, 0.29) is 35.2 Å². The number of fused-ring (bicyclic) bond motifs is 2. The summed E-state index contributed by atoms with van der Waals surface area (Å²) in [6.07, 6.45) is -2.74. The summed E-state index contributed by atoms with van der Waals surface area (Å²) in [5.41, 5.74) is -1.12. The van der Waals surface area contributed by atoms with Gasteiger partial charge in [0.1, 0.15) is 23.9 Å². The maximum Gasteiger partial charge on any atom is 0.435 e. The van der Waals surface area contributed by atoms with E-state index in [1.165, 1.54) is 36.8 Å². The number of para-hydroxylation sites is 1. The predicted octanol–water partition coefficient (Wildman–Crippen LogP) is 8.12. The van der Waals surface area contributed by atoms with E-state index in [1.807, 2.05) is 14.1 Å². The first kappa shape index (κ1) is 46.6. The molecule has 0 unspecified atom stereocenters. The minimum absolute atomic E-state index is 0.0237. The molecule has 0 saturated carbocycles. The van der Waals surface area contributed by atoms with E-state index in [4.69, 9.17) is 9.97 Å². The number of piperidine rings is 1. The first-order chi connectivity index (χ1) is 29.9. The standard InChI is InChI=1S/C42H47F7N10O3S2/c1-22(2)23(3)41(45,46)34-20-33(42(47,48)49)53-59(34)21-35(60)50-31(17-24-15-25(43)18-26(44)16-24)36-30(28-9-8-10-29-37(28)57(6)54-38(29)55-64(7,61)62)19-32-39(51-36)52-40(63-32)58-13-11-27(12-14-58)56(4)5/h8-10,15-16,18-20,22-23,27,31H,11-14,17,21H2,1-7H3,(H,50,60)(H,54,55)/t23-,31+/m1/s1. The molecular formula is C42H47F7N10O3S2. The number of sulfonamides is 1. The van der Waals surface area contributed by atoms with Crippen molar-refractivity contribution in [2.75, 3.05) is 43.1 Å². The van der Waals surface area contributed by atoms with Crippen LogP contribution in [0.1, 0.15) is 62.3 Å². The molecule has 1 aliphatic rings. The van der Waals surface area contributed by atoms with E-state index < -0.39 is 75.5 Å². The summed E-state index contributed by atoms with van der Waals surface area (Å²) in [7, 11) is 1.86. The number of rotatable bonds is 14. The third-order valence-corrected chi connectivity index (χ3v) is 13.2. The van der Waals surface area contributed by atoms with Gasteiger partial charge in [-0.25, -0.2) is 22.2 Å². The smallest absolute Gasteiger partial charge is 0.348 e. The number of anilines is 2. The number of halogens is 7. The van der Waals surface area contributed by atoms with Crippen molar-refractivity contribution in [1.29, 1.82) is 0 Å². The van der Waals surface area contributed by atoms with Gasteiger partial charge in [-0.2, -0.15) is 37.1 Å². The zero-order valence-electron chi connectivity index (χ0n) is 35.9. The van der Waals surface area contributed by atoms with E-state index in [1.54, 1.807) is 31.3 Å². The molecule has 2 aromatic carbocycles. The first-order valence-corrected chi connectivity index (χ1v) is 23.0. The fourth-order valence-corrected chi connectivity index (χ4v) is 9.52. The maximum absolute atomic E-state index is 15.9. The van der Waals surface area contributed by atoms with E-state index in [9.17, 15) is 35.2 Å². The molecule has 1 amide bonds. The van der Waals surface area contributed by atoms with Crippen LogP contribution in [0.25, 0.3) is 32.4 Å². The molecule has 2 atom stereocenters. The van der Waals surface area contributed by atoms with Crippen LogP contribution < -0.4 is 14.9 Å². The lowest BCUT2D eigenvalue weighted by atomic mass is 9.89. The number of carbonyl (C=O) groups excluding carboxylic acids is 1. The molecule has 0 spiro atoms. The third-order valence-electron chi connectivity index (χ3n) is 11.6. The monoisotopic (exact) mass is 936 g/mol. The Labute approximate surface area is 368 Å². The number of hydrogen-bond acceptors (Lipinski definition) is 10. The Balaban J connectivity index is 1.39. The zero-order chi connectivity index (χ0) is 46.6. The Bertz CT molecular complexity index is 2790. The summed E-state index contributed by atoms with van der Waals surface area (Å²) >= 11 is 1.36. The van der Waals surface area contributed by atoms with Crippen molar-refractivity contribution in [3.8, 4) is 11.1 Å². The van der Waals surface area contributed by atoms with Gasteiger partial charge in [-0.15, -0.1) is 0 Å². The highest BCUT2D eigenvalue weighted by Crippen LogP contribution is 2.43. The summed E-state index contributed by atoms with van der Waals surface area (Å²) in [5, 5.41) is 11.6. The summed E-state index contributed by atoms with van der Waals surface area (Å²) in [6.45, 7) is 4.48. The fraction of sp³-hybridized carbons (Fsp3) is 0.452. The van der Waals surface area contributed by atoms with Gasteiger partial charge in [0.15, 0.2) is 22.3 Å². The second kappa shape index (κ2) is 17.6.